The zero-order chi connectivity index (χ0) is 33.2. The van der Waals surface area contributed by atoms with Crippen LogP contribution in [-0.2, 0) is 0 Å². The average molecular weight is 633 g/mol. The molecule has 3 aromatic heterocycles. The van der Waals surface area contributed by atoms with E-state index in [-0.39, 0.29) is 0 Å². The number of para-hydroxylation sites is 1. The predicted molar refractivity (Wildman–Crippen MR) is 201 cm³/mol. The summed E-state index contributed by atoms with van der Waals surface area (Å²) < 4.78 is 6.62. The molecular formula is C44H32N4O. The zero-order valence-corrected chi connectivity index (χ0v) is 27.2. The number of furan rings is 1. The van der Waals surface area contributed by atoms with Crippen molar-refractivity contribution in [2.45, 2.75) is 13.8 Å². The van der Waals surface area contributed by atoms with Crippen LogP contribution in [-0.4, -0.2) is 19.9 Å². The van der Waals surface area contributed by atoms with Crippen molar-refractivity contribution >= 4 is 32.8 Å². The SMILES string of the molecule is CC.c1ccc(-c2nc(-c3ccccc3)nc(-c3cccc4oc5c(-c6ccc(-c7cccc8ncccc78)cc6)cccc5c34)n2)cc1. The van der Waals surface area contributed by atoms with Gasteiger partial charge in [0.1, 0.15) is 11.2 Å². The van der Waals surface area contributed by atoms with Crippen molar-refractivity contribution in [1.29, 1.82) is 0 Å². The molecule has 0 spiro atoms. The van der Waals surface area contributed by atoms with Crippen LogP contribution in [0, 0.1) is 0 Å². The number of aromatic nitrogens is 4. The Balaban J connectivity index is 0.00000171. The number of nitrogens with zero attached hydrogens (tertiary/aromatic N) is 4. The van der Waals surface area contributed by atoms with Crippen molar-refractivity contribution in [3.63, 3.8) is 0 Å². The second kappa shape index (κ2) is 13.0. The number of benzene rings is 6. The zero-order valence-electron chi connectivity index (χ0n) is 27.2. The normalized spacial score (nSPS) is 11.1. The summed E-state index contributed by atoms with van der Waals surface area (Å²) in [6, 6.07) is 51.5. The van der Waals surface area contributed by atoms with Crippen LogP contribution < -0.4 is 0 Å². The van der Waals surface area contributed by atoms with Crippen LogP contribution in [0.3, 0.4) is 0 Å². The Morgan fingerprint density at radius 2 is 0.959 bits per heavy atom. The maximum Gasteiger partial charge on any atom is 0.164 e. The van der Waals surface area contributed by atoms with E-state index in [0.717, 1.165) is 71.8 Å². The lowest BCUT2D eigenvalue weighted by Crippen LogP contribution is -2.00. The minimum atomic E-state index is 0.602. The first-order valence-electron chi connectivity index (χ1n) is 16.6. The van der Waals surface area contributed by atoms with Gasteiger partial charge in [-0.2, -0.15) is 0 Å². The van der Waals surface area contributed by atoms with Crippen molar-refractivity contribution in [3.8, 4) is 56.4 Å². The molecule has 0 saturated heterocycles. The van der Waals surface area contributed by atoms with Gasteiger partial charge >= 0.3 is 0 Å². The highest BCUT2D eigenvalue weighted by atomic mass is 16.3. The van der Waals surface area contributed by atoms with Crippen molar-refractivity contribution < 1.29 is 4.42 Å². The van der Waals surface area contributed by atoms with Crippen molar-refractivity contribution in [1.82, 2.24) is 19.9 Å². The third kappa shape index (κ3) is 5.51. The highest BCUT2D eigenvalue weighted by molar-refractivity contribution is 6.15. The Hall–Kier alpha value is -6.46. The minimum absolute atomic E-state index is 0.602. The highest BCUT2D eigenvalue weighted by Gasteiger charge is 2.19. The molecule has 0 fully saturated rings. The first-order chi connectivity index (χ1) is 24.3. The molecule has 0 aliphatic heterocycles. The van der Waals surface area contributed by atoms with Gasteiger partial charge in [-0.25, -0.2) is 15.0 Å². The number of fused-ring (bicyclic) bond motifs is 4. The van der Waals surface area contributed by atoms with Gasteiger partial charge in [-0.15, -0.1) is 0 Å². The Morgan fingerprint density at radius 3 is 1.65 bits per heavy atom. The minimum Gasteiger partial charge on any atom is -0.455 e. The van der Waals surface area contributed by atoms with E-state index >= 15 is 0 Å². The molecule has 5 nitrogen and oxygen atoms in total. The lowest BCUT2D eigenvalue weighted by Gasteiger charge is -2.09. The summed E-state index contributed by atoms with van der Waals surface area (Å²) in [4.78, 5) is 19.4. The second-order valence-electron chi connectivity index (χ2n) is 11.5. The number of hydrogen-bond donors (Lipinski definition) is 0. The Bertz CT molecular complexity index is 2500. The van der Waals surface area contributed by atoms with Crippen LogP contribution >= 0.6 is 0 Å². The van der Waals surface area contributed by atoms with Crippen LogP contribution in [0.4, 0.5) is 0 Å². The third-order valence-electron chi connectivity index (χ3n) is 8.62. The first kappa shape index (κ1) is 29.9. The summed E-state index contributed by atoms with van der Waals surface area (Å²) in [7, 11) is 0. The van der Waals surface area contributed by atoms with E-state index in [4.69, 9.17) is 19.4 Å². The molecule has 49 heavy (non-hydrogen) atoms. The van der Waals surface area contributed by atoms with E-state index in [0.29, 0.717) is 17.5 Å². The fourth-order valence-electron chi connectivity index (χ4n) is 6.37. The van der Waals surface area contributed by atoms with E-state index in [1.54, 1.807) is 0 Å². The summed E-state index contributed by atoms with van der Waals surface area (Å²) in [5.41, 5.74) is 9.78. The van der Waals surface area contributed by atoms with E-state index in [1.807, 2.05) is 105 Å². The van der Waals surface area contributed by atoms with Gasteiger partial charge in [0.25, 0.3) is 0 Å². The van der Waals surface area contributed by atoms with Crippen LogP contribution in [0.1, 0.15) is 13.8 Å². The van der Waals surface area contributed by atoms with Crippen LogP contribution in [0.5, 0.6) is 0 Å². The summed E-state index contributed by atoms with van der Waals surface area (Å²) >= 11 is 0. The van der Waals surface area contributed by atoms with Crippen LogP contribution in [0.2, 0.25) is 0 Å². The summed E-state index contributed by atoms with van der Waals surface area (Å²) in [6.45, 7) is 4.00. The Morgan fingerprint density at radius 1 is 0.408 bits per heavy atom. The van der Waals surface area contributed by atoms with Crippen LogP contribution in [0.25, 0.3) is 89.3 Å². The second-order valence-corrected chi connectivity index (χ2v) is 11.5. The molecule has 0 bridgehead atoms. The molecule has 0 amide bonds. The van der Waals surface area contributed by atoms with Gasteiger partial charge in [-0.1, -0.05) is 147 Å². The van der Waals surface area contributed by atoms with Gasteiger partial charge in [-0.3, -0.25) is 4.98 Å². The molecule has 0 aliphatic carbocycles. The lowest BCUT2D eigenvalue weighted by atomic mass is 9.96. The topological polar surface area (TPSA) is 64.7 Å². The molecule has 0 radical (unpaired) electrons. The Kier molecular flexibility index (Phi) is 7.92. The van der Waals surface area contributed by atoms with Gasteiger partial charge in [0.05, 0.1) is 5.52 Å². The van der Waals surface area contributed by atoms with Gasteiger partial charge < -0.3 is 4.42 Å². The molecular weight excluding hydrogens is 601 g/mol. The largest absolute Gasteiger partial charge is 0.455 e. The summed E-state index contributed by atoms with van der Waals surface area (Å²) in [5, 5.41) is 3.13. The molecule has 234 valence electrons. The van der Waals surface area contributed by atoms with Gasteiger partial charge in [0.2, 0.25) is 0 Å². The third-order valence-corrected chi connectivity index (χ3v) is 8.62. The maximum atomic E-state index is 6.62. The smallest absolute Gasteiger partial charge is 0.164 e. The van der Waals surface area contributed by atoms with Gasteiger partial charge in [0.15, 0.2) is 17.5 Å². The fraction of sp³-hybridized carbons (Fsp3) is 0.0455. The lowest BCUT2D eigenvalue weighted by molar-refractivity contribution is 0.670. The van der Waals surface area contributed by atoms with E-state index in [2.05, 4.69) is 71.7 Å². The molecule has 0 atom stereocenters. The molecule has 0 saturated carbocycles. The maximum absolute atomic E-state index is 6.62. The highest BCUT2D eigenvalue weighted by Crippen LogP contribution is 2.41. The molecule has 5 heteroatoms. The molecule has 3 heterocycles. The summed E-state index contributed by atoms with van der Waals surface area (Å²) in [5.74, 6) is 1.86. The van der Waals surface area contributed by atoms with Crippen LogP contribution in [0.15, 0.2) is 162 Å². The quantitative estimate of drug-likeness (QED) is 0.189. The van der Waals surface area contributed by atoms with E-state index in [9.17, 15) is 0 Å². The summed E-state index contributed by atoms with van der Waals surface area (Å²) in [6.07, 6.45) is 1.83. The molecule has 9 rings (SSSR count). The van der Waals surface area contributed by atoms with Crippen molar-refractivity contribution in [3.05, 3.63) is 158 Å². The van der Waals surface area contributed by atoms with Crippen molar-refractivity contribution in [2.24, 2.45) is 0 Å². The monoisotopic (exact) mass is 632 g/mol. The molecule has 6 aromatic carbocycles. The number of hydrogen-bond acceptors (Lipinski definition) is 5. The molecule has 0 aliphatic rings. The standard InChI is InChI=1S/C42H26N4O.C2H6/c1-3-11-29(12-4-1)40-44-41(30-13-5-2-6-14-30)46-42(45-40)35-18-9-21-37-38(35)34-17-7-16-32(39(34)47-37)28-24-22-27(23-25-28)31-15-8-20-36-33(31)19-10-26-43-36;1-2/h1-26H;1-2H3. The first-order valence-corrected chi connectivity index (χ1v) is 16.6. The number of rotatable bonds is 5. The van der Waals surface area contributed by atoms with E-state index in [1.165, 1.54) is 0 Å². The number of pyridine rings is 1. The van der Waals surface area contributed by atoms with Crippen molar-refractivity contribution in [2.75, 3.05) is 0 Å². The average Bonchev–Trinajstić information content (AvgIpc) is 3.58. The molecule has 0 N–H and O–H groups in total. The molecule has 9 aromatic rings. The molecule has 0 unspecified atom stereocenters. The fourth-order valence-corrected chi connectivity index (χ4v) is 6.37. The van der Waals surface area contributed by atoms with E-state index < -0.39 is 0 Å². The van der Waals surface area contributed by atoms with Gasteiger partial charge in [0, 0.05) is 44.6 Å². The predicted octanol–water partition coefficient (Wildman–Crippen LogP) is 11.7. The Labute approximate surface area is 284 Å². The van der Waals surface area contributed by atoms with Gasteiger partial charge in [-0.05, 0) is 34.9 Å².